The lowest BCUT2D eigenvalue weighted by Gasteiger charge is -2.34. The summed E-state index contributed by atoms with van der Waals surface area (Å²) in [5.74, 6) is 1.10. The zero-order chi connectivity index (χ0) is 18.7. The Hall–Kier alpha value is -2.87. The van der Waals surface area contributed by atoms with Crippen LogP contribution in [-0.2, 0) is 4.79 Å². The lowest BCUT2D eigenvalue weighted by molar-refractivity contribution is -0.122. The number of aromatic nitrogens is 1. The lowest BCUT2D eigenvalue weighted by atomic mass is 9.94. The van der Waals surface area contributed by atoms with Crippen molar-refractivity contribution in [2.24, 2.45) is 5.92 Å². The van der Waals surface area contributed by atoms with Crippen molar-refractivity contribution in [3.63, 3.8) is 0 Å². The minimum absolute atomic E-state index is 0.0366. The zero-order valence-electron chi connectivity index (χ0n) is 15.6. The van der Waals surface area contributed by atoms with E-state index in [1.165, 1.54) is 0 Å². The van der Waals surface area contributed by atoms with Crippen LogP contribution in [0.3, 0.4) is 0 Å². The number of carbonyl (C=O) groups is 1. The molecule has 0 atom stereocenters. The summed E-state index contributed by atoms with van der Waals surface area (Å²) in [6.07, 6.45) is 3.23. The first kappa shape index (κ1) is 17.9. The summed E-state index contributed by atoms with van der Waals surface area (Å²) in [7, 11) is 1.87. The Morgan fingerprint density at radius 2 is 1.96 bits per heavy atom. The number of carbonyl (C=O) groups excluding carboxylic acids is 1. The normalized spacial score (nSPS) is 14.8. The van der Waals surface area contributed by atoms with Gasteiger partial charge in [0.05, 0.1) is 5.56 Å². The number of pyridine rings is 1. The van der Waals surface area contributed by atoms with Crippen LogP contribution in [0.2, 0.25) is 0 Å². The van der Waals surface area contributed by atoms with Crippen LogP contribution >= 0.6 is 0 Å². The second kappa shape index (κ2) is 7.57. The molecule has 1 aromatic carbocycles. The predicted octanol–water partition coefficient (Wildman–Crippen LogP) is 3.45. The summed E-state index contributed by atoms with van der Waals surface area (Å²) in [6, 6.07) is 12.0. The molecule has 1 aliphatic heterocycles. The molecule has 0 N–H and O–H groups in total. The molecule has 1 aromatic heterocycles. The van der Waals surface area contributed by atoms with Crippen LogP contribution in [0.1, 0.15) is 29.5 Å². The summed E-state index contributed by atoms with van der Waals surface area (Å²) in [6.45, 7) is 5.69. The van der Waals surface area contributed by atoms with E-state index < -0.39 is 0 Å². The molecular formula is C21H24N4O. The number of nitriles is 1. The van der Waals surface area contributed by atoms with Gasteiger partial charge in [-0.15, -0.1) is 0 Å². The smallest absolute Gasteiger partial charge is 0.229 e. The summed E-state index contributed by atoms with van der Waals surface area (Å²) < 4.78 is 0. The highest BCUT2D eigenvalue weighted by Gasteiger charge is 2.28. The number of hydrogen-bond donors (Lipinski definition) is 0. The van der Waals surface area contributed by atoms with Crippen molar-refractivity contribution in [3.05, 3.63) is 53.2 Å². The van der Waals surface area contributed by atoms with Crippen molar-refractivity contribution >= 4 is 17.4 Å². The van der Waals surface area contributed by atoms with Gasteiger partial charge in [0, 0.05) is 37.9 Å². The van der Waals surface area contributed by atoms with Crippen molar-refractivity contribution in [1.82, 2.24) is 4.98 Å². The van der Waals surface area contributed by atoms with Crippen molar-refractivity contribution in [2.45, 2.75) is 26.7 Å². The van der Waals surface area contributed by atoms with Crippen molar-refractivity contribution in [3.8, 4) is 6.07 Å². The molecule has 2 heterocycles. The van der Waals surface area contributed by atoms with Gasteiger partial charge in [0.2, 0.25) is 5.91 Å². The topological polar surface area (TPSA) is 60.2 Å². The Balaban J connectivity index is 1.64. The molecular weight excluding hydrogens is 324 g/mol. The highest BCUT2D eigenvalue weighted by molar-refractivity contribution is 5.95. The van der Waals surface area contributed by atoms with Crippen molar-refractivity contribution in [1.29, 1.82) is 5.26 Å². The van der Waals surface area contributed by atoms with Crippen molar-refractivity contribution < 1.29 is 4.79 Å². The number of nitrogens with zero attached hydrogens (tertiary/aromatic N) is 4. The van der Waals surface area contributed by atoms with Gasteiger partial charge < -0.3 is 9.80 Å². The van der Waals surface area contributed by atoms with Crippen LogP contribution in [0.15, 0.2) is 36.5 Å². The fraction of sp³-hybridized carbons (Fsp3) is 0.381. The van der Waals surface area contributed by atoms with Crippen molar-refractivity contribution in [2.75, 3.05) is 29.9 Å². The molecule has 0 unspecified atom stereocenters. The highest BCUT2D eigenvalue weighted by Crippen LogP contribution is 2.27. The largest absolute Gasteiger partial charge is 0.357 e. The quantitative estimate of drug-likeness (QED) is 0.852. The number of piperidine rings is 1. The number of aryl methyl sites for hydroxylation is 2. The number of amides is 1. The van der Waals surface area contributed by atoms with E-state index in [1.807, 2.05) is 31.9 Å². The second-order valence-corrected chi connectivity index (χ2v) is 6.97. The molecule has 5 nitrogen and oxygen atoms in total. The Morgan fingerprint density at radius 3 is 2.58 bits per heavy atom. The molecule has 0 aliphatic carbocycles. The molecule has 26 heavy (non-hydrogen) atoms. The minimum Gasteiger partial charge on any atom is -0.357 e. The fourth-order valence-electron chi connectivity index (χ4n) is 3.47. The Labute approximate surface area is 154 Å². The molecule has 1 fully saturated rings. The average Bonchev–Trinajstić information content (AvgIpc) is 2.69. The van der Waals surface area contributed by atoms with E-state index in [0.717, 1.165) is 48.6 Å². The zero-order valence-corrected chi connectivity index (χ0v) is 15.6. The summed E-state index contributed by atoms with van der Waals surface area (Å²) in [5, 5.41) is 8.87. The molecule has 2 aromatic rings. The Kier molecular flexibility index (Phi) is 5.22. The van der Waals surface area contributed by atoms with Gasteiger partial charge in [-0.1, -0.05) is 12.1 Å². The van der Waals surface area contributed by atoms with Crippen LogP contribution in [0.4, 0.5) is 11.5 Å². The Bertz CT molecular complexity index is 830. The maximum Gasteiger partial charge on any atom is 0.229 e. The van der Waals surface area contributed by atoms with E-state index in [4.69, 9.17) is 5.26 Å². The standard InChI is InChI=1S/C21H24N4O/c1-15-4-5-16(2)19(12-15)24(3)21(26)18-8-10-25(11-9-18)20-7-6-17(13-22)14-23-20/h4-7,12,14,18H,8-11H2,1-3H3. The van der Waals surface area contributed by atoms with E-state index in [1.54, 1.807) is 12.3 Å². The third-order valence-electron chi connectivity index (χ3n) is 5.10. The van der Waals surface area contributed by atoms with Gasteiger partial charge >= 0.3 is 0 Å². The van der Waals surface area contributed by atoms with E-state index in [2.05, 4.69) is 34.2 Å². The van der Waals surface area contributed by atoms with Crippen LogP contribution in [0.5, 0.6) is 0 Å². The van der Waals surface area contributed by atoms with E-state index in [9.17, 15) is 4.79 Å². The summed E-state index contributed by atoms with van der Waals surface area (Å²) >= 11 is 0. The molecule has 0 radical (unpaired) electrons. The van der Waals surface area contributed by atoms with Crippen LogP contribution < -0.4 is 9.80 Å². The molecule has 1 saturated heterocycles. The SMILES string of the molecule is Cc1ccc(C)c(N(C)C(=O)C2CCN(c3ccc(C#N)cn3)CC2)c1. The third-order valence-corrected chi connectivity index (χ3v) is 5.10. The van der Waals surface area contributed by atoms with E-state index >= 15 is 0 Å². The summed E-state index contributed by atoms with van der Waals surface area (Å²) in [4.78, 5) is 21.3. The first-order valence-electron chi connectivity index (χ1n) is 8.95. The molecule has 134 valence electrons. The van der Waals surface area contributed by atoms with Gasteiger partial charge in [0.1, 0.15) is 11.9 Å². The van der Waals surface area contributed by atoms with E-state index in [0.29, 0.717) is 5.56 Å². The molecule has 1 amide bonds. The van der Waals surface area contributed by atoms with Crippen LogP contribution in [0, 0.1) is 31.1 Å². The highest BCUT2D eigenvalue weighted by atomic mass is 16.2. The van der Waals surface area contributed by atoms with E-state index in [-0.39, 0.29) is 11.8 Å². The number of hydrogen-bond acceptors (Lipinski definition) is 4. The second-order valence-electron chi connectivity index (χ2n) is 6.97. The first-order valence-corrected chi connectivity index (χ1v) is 8.95. The maximum atomic E-state index is 12.9. The fourth-order valence-corrected chi connectivity index (χ4v) is 3.47. The van der Waals surface area contributed by atoms with Gasteiger partial charge in [0.15, 0.2) is 0 Å². The number of benzene rings is 1. The van der Waals surface area contributed by atoms with Crippen LogP contribution in [0.25, 0.3) is 0 Å². The first-order chi connectivity index (χ1) is 12.5. The monoisotopic (exact) mass is 348 g/mol. The van der Waals surface area contributed by atoms with Gasteiger partial charge in [-0.2, -0.15) is 5.26 Å². The predicted molar refractivity (Wildman–Crippen MR) is 103 cm³/mol. The minimum atomic E-state index is 0.0366. The van der Waals surface area contributed by atoms with Gasteiger partial charge in [-0.3, -0.25) is 4.79 Å². The molecule has 1 aliphatic rings. The molecule has 0 spiro atoms. The molecule has 5 heteroatoms. The summed E-state index contributed by atoms with van der Waals surface area (Å²) in [5.41, 5.74) is 3.83. The Morgan fingerprint density at radius 1 is 1.23 bits per heavy atom. The molecule has 3 rings (SSSR count). The molecule has 0 bridgehead atoms. The molecule has 0 saturated carbocycles. The van der Waals surface area contributed by atoms with Gasteiger partial charge in [-0.25, -0.2) is 4.98 Å². The number of rotatable bonds is 3. The maximum absolute atomic E-state index is 12.9. The number of anilines is 2. The lowest BCUT2D eigenvalue weighted by Crippen LogP contribution is -2.41. The average molecular weight is 348 g/mol. The van der Waals surface area contributed by atoms with Crippen LogP contribution in [-0.4, -0.2) is 31.0 Å². The van der Waals surface area contributed by atoms with Gasteiger partial charge in [-0.05, 0) is 56.0 Å². The third kappa shape index (κ3) is 3.70. The van der Waals surface area contributed by atoms with Gasteiger partial charge in [0.25, 0.3) is 0 Å².